The molecule has 1 amide bonds. The topological polar surface area (TPSA) is 32.3 Å². The molecule has 1 aliphatic rings. The lowest BCUT2D eigenvalue weighted by Gasteiger charge is -2.11. The monoisotopic (exact) mass is 260 g/mol. The summed E-state index contributed by atoms with van der Waals surface area (Å²) in [5, 5.41) is 3.48. The number of nitrogens with zero attached hydrogens (tertiary/aromatic N) is 1. The Morgan fingerprint density at radius 1 is 1.44 bits per heavy atom. The summed E-state index contributed by atoms with van der Waals surface area (Å²) in [6.07, 6.45) is 2.74. The minimum absolute atomic E-state index is 0.0386. The van der Waals surface area contributed by atoms with Crippen LogP contribution in [0.2, 0.25) is 0 Å². The van der Waals surface area contributed by atoms with Gasteiger partial charge < -0.3 is 5.32 Å². The third kappa shape index (κ3) is 2.59. The average Bonchev–Trinajstić information content (AvgIpc) is 2.57. The summed E-state index contributed by atoms with van der Waals surface area (Å²) in [5.74, 6) is -0.0386. The van der Waals surface area contributed by atoms with Crippen LogP contribution in [0.5, 0.6) is 0 Å². The van der Waals surface area contributed by atoms with Gasteiger partial charge in [0.1, 0.15) is 5.70 Å². The summed E-state index contributed by atoms with van der Waals surface area (Å²) in [6.45, 7) is 4.72. The highest BCUT2D eigenvalue weighted by atomic mass is 32.1. The maximum atomic E-state index is 12.1. The minimum atomic E-state index is -0.0386. The number of nitrogens with one attached hydrogen (secondary N) is 1. The van der Waals surface area contributed by atoms with Gasteiger partial charge in [-0.1, -0.05) is 36.8 Å². The van der Waals surface area contributed by atoms with Gasteiger partial charge in [-0.2, -0.15) is 0 Å². The fourth-order valence-corrected chi connectivity index (χ4v) is 2.21. The summed E-state index contributed by atoms with van der Waals surface area (Å²) in [6, 6.07) is 8.01. The van der Waals surface area contributed by atoms with Crippen LogP contribution in [-0.2, 0) is 4.79 Å². The van der Waals surface area contributed by atoms with Gasteiger partial charge in [0.05, 0.1) is 0 Å². The number of hydrogen-bond acceptors (Lipinski definition) is 2. The van der Waals surface area contributed by atoms with Crippen LogP contribution in [0, 0.1) is 6.92 Å². The quantitative estimate of drug-likeness (QED) is 0.669. The summed E-state index contributed by atoms with van der Waals surface area (Å²) in [7, 11) is 0. The Morgan fingerprint density at radius 2 is 2.22 bits per heavy atom. The Morgan fingerprint density at radius 3 is 2.89 bits per heavy atom. The molecule has 1 heterocycles. The van der Waals surface area contributed by atoms with Crippen molar-refractivity contribution in [1.82, 2.24) is 10.2 Å². The largest absolute Gasteiger partial charge is 0.328 e. The molecule has 0 bridgehead atoms. The molecule has 1 aromatic rings. The lowest BCUT2D eigenvalue weighted by Crippen LogP contribution is -2.31. The van der Waals surface area contributed by atoms with Crippen LogP contribution in [0.25, 0.3) is 6.08 Å². The lowest BCUT2D eigenvalue weighted by molar-refractivity contribution is -0.122. The van der Waals surface area contributed by atoms with Crippen molar-refractivity contribution in [2.75, 3.05) is 6.54 Å². The highest BCUT2D eigenvalue weighted by Crippen LogP contribution is 2.15. The van der Waals surface area contributed by atoms with E-state index in [1.807, 2.05) is 44.2 Å². The molecule has 0 aromatic heterocycles. The first-order valence-corrected chi connectivity index (χ1v) is 6.44. The van der Waals surface area contributed by atoms with Crippen molar-refractivity contribution >= 4 is 29.3 Å². The fourth-order valence-electron chi connectivity index (χ4n) is 1.92. The first kappa shape index (κ1) is 12.8. The number of benzene rings is 1. The molecule has 0 spiro atoms. The van der Waals surface area contributed by atoms with Crippen molar-refractivity contribution in [3.8, 4) is 0 Å². The molecule has 0 aliphatic carbocycles. The summed E-state index contributed by atoms with van der Waals surface area (Å²) in [5.41, 5.74) is 2.73. The van der Waals surface area contributed by atoms with Crippen LogP contribution in [0.3, 0.4) is 0 Å². The summed E-state index contributed by atoms with van der Waals surface area (Å²) < 4.78 is 0. The third-order valence-corrected chi connectivity index (χ3v) is 3.09. The molecule has 1 N–H and O–H groups in total. The Bertz CT molecular complexity index is 522. The van der Waals surface area contributed by atoms with E-state index in [0.29, 0.717) is 17.4 Å². The number of carbonyl (C=O) groups is 1. The van der Waals surface area contributed by atoms with Gasteiger partial charge in [0.2, 0.25) is 0 Å². The molecule has 0 saturated carbocycles. The number of rotatable bonds is 3. The van der Waals surface area contributed by atoms with Gasteiger partial charge in [-0.25, -0.2) is 0 Å². The second kappa shape index (κ2) is 5.31. The summed E-state index contributed by atoms with van der Waals surface area (Å²) in [4.78, 5) is 13.7. The van der Waals surface area contributed by atoms with Gasteiger partial charge in [-0.05, 0) is 37.2 Å². The van der Waals surface area contributed by atoms with E-state index < -0.39 is 0 Å². The second-order valence-electron chi connectivity index (χ2n) is 4.36. The molecule has 18 heavy (non-hydrogen) atoms. The van der Waals surface area contributed by atoms with Gasteiger partial charge in [0.15, 0.2) is 5.11 Å². The van der Waals surface area contributed by atoms with Crippen molar-refractivity contribution in [2.24, 2.45) is 0 Å². The zero-order chi connectivity index (χ0) is 13.1. The second-order valence-corrected chi connectivity index (χ2v) is 4.75. The molecule has 0 radical (unpaired) electrons. The normalized spacial score (nSPS) is 17.4. The number of aryl methyl sites for hydroxylation is 1. The maximum absolute atomic E-state index is 12.1. The van der Waals surface area contributed by atoms with Crippen molar-refractivity contribution < 1.29 is 4.79 Å². The van der Waals surface area contributed by atoms with E-state index >= 15 is 0 Å². The molecule has 0 unspecified atom stereocenters. The van der Waals surface area contributed by atoms with Gasteiger partial charge >= 0.3 is 0 Å². The first-order chi connectivity index (χ1) is 8.61. The van der Waals surface area contributed by atoms with Crippen LogP contribution in [0.15, 0.2) is 30.0 Å². The average molecular weight is 260 g/mol. The van der Waals surface area contributed by atoms with Crippen LogP contribution >= 0.6 is 12.2 Å². The Labute approximate surface area is 112 Å². The van der Waals surface area contributed by atoms with Gasteiger partial charge in [-0.3, -0.25) is 9.69 Å². The van der Waals surface area contributed by atoms with E-state index in [9.17, 15) is 4.79 Å². The molecule has 0 atom stereocenters. The molecule has 1 fully saturated rings. The van der Waals surface area contributed by atoms with E-state index in [2.05, 4.69) is 5.32 Å². The van der Waals surface area contributed by atoms with Crippen molar-refractivity contribution in [3.63, 3.8) is 0 Å². The molecule has 3 nitrogen and oxygen atoms in total. The van der Waals surface area contributed by atoms with E-state index in [4.69, 9.17) is 12.2 Å². The zero-order valence-electron chi connectivity index (χ0n) is 10.6. The molecule has 1 aliphatic heterocycles. The van der Waals surface area contributed by atoms with Crippen LogP contribution < -0.4 is 5.32 Å². The number of carbonyl (C=O) groups excluding carboxylic acids is 1. The standard InChI is InChI=1S/C14H16N2OS/c1-3-7-16-13(17)12(15-14(16)18)9-11-6-4-5-10(2)8-11/h4-6,8-9H,3,7H2,1-2H3,(H,15,18)/b12-9-. The molecule has 2 rings (SSSR count). The minimum Gasteiger partial charge on any atom is -0.328 e. The van der Waals surface area contributed by atoms with E-state index in [-0.39, 0.29) is 5.91 Å². The van der Waals surface area contributed by atoms with Crippen molar-refractivity contribution in [1.29, 1.82) is 0 Å². The maximum Gasteiger partial charge on any atom is 0.276 e. The van der Waals surface area contributed by atoms with Crippen LogP contribution in [-0.4, -0.2) is 22.5 Å². The Hall–Kier alpha value is -1.68. The highest BCUT2D eigenvalue weighted by molar-refractivity contribution is 7.80. The van der Waals surface area contributed by atoms with Gasteiger partial charge in [0.25, 0.3) is 5.91 Å². The number of hydrogen-bond donors (Lipinski definition) is 1. The Balaban J connectivity index is 2.25. The molecule has 1 aromatic carbocycles. The van der Waals surface area contributed by atoms with Crippen molar-refractivity contribution in [2.45, 2.75) is 20.3 Å². The van der Waals surface area contributed by atoms with E-state index in [1.165, 1.54) is 5.56 Å². The SMILES string of the molecule is CCCN1C(=O)/C(=C/c2cccc(C)c2)NC1=S. The van der Waals surface area contributed by atoms with E-state index in [0.717, 1.165) is 12.0 Å². The van der Waals surface area contributed by atoms with Crippen LogP contribution in [0.1, 0.15) is 24.5 Å². The molecular weight excluding hydrogens is 244 g/mol. The smallest absolute Gasteiger partial charge is 0.276 e. The van der Waals surface area contributed by atoms with Crippen LogP contribution in [0.4, 0.5) is 0 Å². The molecule has 4 heteroatoms. The predicted octanol–water partition coefficient (Wildman–Crippen LogP) is 2.46. The van der Waals surface area contributed by atoms with E-state index in [1.54, 1.807) is 4.90 Å². The predicted molar refractivity (Wildman–Crippen MR) is 76.9 cm³/mol. The lowest BCUT2D eigenvalue weighted by atomic mass is 10.1. The van der Waals surface area contributed by atoms with Crippen molar-refractivity contribution in [3.05, 3.63) is 41.1 Å². The molecule has 1 saturated heterocycles. The van der Waals surface area contributed by atoms with Gasteiger partial charge in [-0.15, -0.1) is 0 Å². The first-order valence-electron chi connectivity index (χ1n) is 6.03. The molecular formula is C14H16N2OS. The summed E-state index contributed by atoms with van der Waals surface area (Å²) >= 11 is 5.16. The molecule has 94 valence electrons. The zero-order valence-corrected chi connectivity index (χ0v) is 11.4. The fraction of sp³-hybridized carbons (Fsp3) is 0.286. The van der Waals surface area contributed by atoms with Gasteiger partial charge in [0, 0.05) is 6.54 Å². The Kier molecular flexibility index (Phi) is 3.77. The number of amides is 1. The number of thiocarbonyl (C=S) groups is 1. The highest BCUT2D eigenvalue weighted by Gasteiger charge is 2.29. The third-order valence-electron chi connectivity index (χ3n) is 2.76.